The van der Waals surface area contributed by atoms with Crippen molar-refractivity contribution in [3.8, 4) is 35.3 Å². The summed E-state index contributed by atoms with van der Waals surface area (Å²) in [6.45, 7) is 7.45. The van der Waals surface area contributed by atoms with Crippen LogP contribution in [0.2, 0.25) is 5.02 Å². The number of rotatable bonds is 13. The van der Waals surface area contributed by atoms with E-state index in [9.17, 15) is 14.4 Å². The van der Waals surface area contributed by atoms with E-state index in [2.05, 4.69) is 15.6 Å². The van der Waals surface area contributed by atoms with E-state index >= 15 is 0 Å². The number of benzene rings is 2. The smallest absolute Gasteiger partial charge is 0.343 e. The van der Waals surface area contributed by atoms with Gasteiger partial charge < -0.3 is 28.4 Å². The molecular weight excluding hydrogens is 636 g/mol. The van der Waals surface area contributed by atoms with Crippen molar-refractivity contribution in [1.29, 1.82) is 0 Å². The summed E-state index contributed by atoms with van der Waals surface area (Å²) in [5.41, 5.74) is 1.32. The van der Waals surface area contributed by atoms with Crippen LogP contribution in [0, 0.1) is 12.3 Å². The number of carbonyl (C=O) groups excluding carboxylic acids is 2. The maximum absolute atomic E-state index is 14.1. The maximum atomic E-state index is 14.1. The minimum atomic E-state index is -0.909. The number of aromatic nitrogens is 1. The van der Waals surface area contributed by atoms with Crippen molar-refractivity contribution in [2.75, 3.05) is 40.1 Å². The summed E-state index contributed by atoms with van der Waals surface area (Å²) < 4.78 is 34.6. The number of hydrogen-bond acceptors (Lipinski definition) is 11. The van der Waals surface area contributed by atoms with Gasteiger partial charge in [0.1, 0.15) is 6.61 Å². The Morgan fingerprint density at radius 2 is 1.78 bits per heavy atom. The second kappa shape index (κ2) is 15.5. The molecule has 0 spiro atoms. The highest BCUT2D eigenvalue weighted by molar-refractivity contribution is 7.07. The van der Waals surface area contributed by atoms with Crippen LogP contribution < -0.4 is 33.8 Å². The SMILES string of the molecule is C#CCOc1c(Cl)cc(/C=c2\sc3n(c2=O)[C@@H](c2ccc(OCC(=O)OC)c(OCC)c2)C(C(=O)OCC)=C(C)N=3)cc1OCC. The van der Waals surface area contributed by atoms with E-state index in [-0.39, 0.29) is 30.4 Å². The Hall–Kier alpha value is -4.73. The Bertz CT molecular complexity index is 1890. The zero-order valence-electron chi connectivity index (χ0n) is 26.0. The summed E-state index contributed by atoms with van der Waals surface area (Å²) in [5.74, 6) is 2.51. The van der Waals surface area contributed by atoms with Crippen LogP contribution >= 0.6 is 22.9 Å². The van der Waals surface area contributed by atoms with E-state index in [0.717, 1.165) is 11.3 Å². The summed E-state index contributed by atoms with van der Waals surface area (Å²) in [4.78, 5) is 44.1. The van der Waals surface area contributed by atoms with Crippen molar-refractivity contribution in [3.05, 3.63) is 77.4 Å². The second-order valence-electron chi connectivity index (χ2n) is 9.56. The lowest BCUT2D eigenvalue weighted by atomic mass is 9.95. The van der Waals surface area contributed by atoms with Crippen LogP contribution in [-0.4, -0.2) is 56.6 Å². The zero-order valence-corrected chi connectivity index (χ0v) is 27.6. The minimum absolute atomic E-state index is 0.00326. The molecule has 0 saturated carbocycles. The van der Waals surface area contributed by atoms with Gasteiger partial charge >= 0.3 is 11.9 Å². The lowest BCUT2D eigenvalue weighted by molar-refractivity contribution is -0.143. The Morgan fingerprint density at radius 3 is 2.46 bits per heavy atom. The zero-order chi connectivity index (χ0) is 33.4. The summed E-state index contributed by atoms with van der Waals surface area (Å²) in [5, 5.41) is 0.261. The Kier molecular flexibility index (Phi) is 11.5. The van der Waals surface area contributed by atoms with Crippen LogP contribution in [0.25, 0.3) is 6.08 Å². The van der Waals surface area contributed by atoms with E-state index in [1.807, 2.05) is 6.92 Å². The summed E-state index contributed by atoms with van der Waals surface area (Å²) in [6, 6.07) is 7.40. The molecule has 4 rings (SSSR count). The molecule has 11 nitrogen and oxygen atoms in total. The number of allylic oxidation sites excluding steroid dienone is 1. The van der Waals surface area contributed by atoms with Gasteiger partial charge in [-0.05, 0) is 69.2 Å². The van der Waals surface area contributed by atoms with Gasteiger partial charge in [-0.1, -0.05) is 34.9 Å². The molecule has 0 aliphatic carbocycles. The van der Waals surface area contributed by atoms with Crippen LogP contribution in [0.4, 0.5) is 0 Å². The average Bonchev–Trinajstić information content (AvgIpc) is 3.33. The van der Waals surface area contributed by atoms with Gasteiger partial charge in [0.15, 0.2) is 34.4 Å². The predicted octanol–water partition coefficient (Wildman–Crippen LogP) is 3.81. The summed E-state index contributed by atoms with van der Waals surface area (Å²) >= 11 is 7.68. The van der Waals surface area contributed by atoms with Gasteiger partial charge in [-0.25, -0.2) is 14.6 Å². The van der Waals surface area contributed by atoms with E-state index < -0.39 is 23.5 Å². The largest absolute Gasteiger partial charge is 0.490 e. The number of fused-ring (bicyclic) bond motifs is 1. The molecule has 242 valence electrons. The molecule has 46 heavy (non-hydrogen) atoms. The fourth-order valence-electron chi connectivity index (χ4n) is 4.72. The van der Waals surface area contributed by atoms with Crippen LogP contribution in [0.15, 0.2) is 51.4 Å². The van der Waals surface area contributed by atoms with E-state index in [4.69, 9.17) is 41.7 Å². The highest BCUT2D eigenvalue weighted by Gasteiger charge is 2.34. The molecule has 0 N–H and O–H groups in total. The third-order valence-electron chi connectivity index (χ3n) is 6.60. The first kappa shape index (κ1) is 34.1. The van der Waals surface area contributed by atoms with E-state index in [0.29, 0.717) is 62.4 Å². The van der Waals surface area contributed by atoms with Crippen LogP contribution in [-0.2, 0) is 19.1 Å². The molecule has 0 saturated heterocycles. The molecule has 1 aromatic heterocycles. The molecule has 13 heteroatoms. The third kappa shape index (κ3) is 7.38. The number of esters is 2. The Morgan fingerprint density at radius 1 is 1.04 bits per heavy atom. The fourth-order valence-corrected chi connectivity index (χ4v) is 6.04. The first-order valence-corrected chi connectivity index (χ1v) is 15.5. The summed E-state index contributed by atoms with van der Waals surface area (Å²) in [6.07, 6.45) is 7.01. The lowest BCUT2D eigenvalue weighted by Gasteiger charge is -2.25. The average molecular weight is 669 g/mol. The van der Waals surface area contributed by atoms with Crippen molar-refractivity contribution in [2.24, 2.45) is 4.99 Å². The Balaban J connectivity index is 1.90. The first-order chi connectivity index (χ1) is 22.2. The van der Waals surface area contributed by atoms with Gasteiger partial charge in [0.05, 0.1) is 53.8 Å². The van der Waals surface area contributed by atoms with Crippen molar-refractivity contribution >= 4 is 41.0 Å². The molecular formula is C33H33ClN2O9S. The molecule has 1 aliphatic rings. The number of terminal acetylenes is 1. The van der Waals surface area contributed by atoms with Crippen molar-refractivity contribution in [2.45, 2.75) is 33.7 Å². The first-order valence-electron chi connectivity index (χ1n) is 14.4. The van der Waals surface area contributed by atoms with Gasteiger partial charge in [-0.3, -0.25) is 9.36 Å². The van der Waals surface area contributed by atoms with Crippen LogP contribution in [0.3, 0.4) is 0 Å². The monoisotopic (exact) mass is 668 g/mol. The molecule has 2 heterocycles. The number of hydrogen-bond donors (Lipinski definition) is 0. The fraction of sp³-hybridized carbons (Fsp3) is 0.333. The topological polar surface area (TPSA) is 124 Å². The van der Waals surface area contributed by atoms with Gasteiger partial charge in [0.25, 0.3) is 5.56 Å². The van der Waals surface area contributed by atoms with E-state index in [1.54, 1.807) is 57.2 Å². The number of nitrogens with zero attached hydrogens (tertiary/aromatic N) is 2. The normalized spacial score (nSPS) is 14.1. The molecule has 1 aliphatic heterocycles. The van der Waals surface area contributed by atoms with Gasteiger partial charge in [-0.2, -0.15) is 0 Å². The standard InChI is InChI=1S/C33H33ClN2O9S/c1-7-13-44-30-22(34)14-20(15-25(30)42-9-3)16-26-31(38)36-29(28(32(39)43-10-4)19(5)35-33(36)46-26)21-11-12-23(24(17-21)41-8-2)45-18-27(37)40-6/h1,11-12,14-17,29H,8-10,13,18H2,2-6H3/b26-16-/t29-/m0/s1. The molecule has 0 unspecified atom stereocenters. The van der Waals surface area contributed by atoms with Crippen molar-refractivity contribution < 1.29 is 38.0 Å². The van der Waals surface area contributed by atoms with Crippen molar-refractivity contribution in [1.82, 2.24) is 4.57 Å². The van der Waals surface area contributed by atoms with Crippen LogP contribution in [0.5, 0.6) is 23.0 Å². The Labute approximate surface area is 274 Å². The predicted molar refractivity (Wildman–Crippen MR) is 172 cm³/mol. The lowest BCUT2D eigenvalue weighted by Crippen LogP contribution is -2.40. The van der Waals surface area contributed by atoms with Gasteiger partial charge in [-0.15, -0.1) is 6.42 Å². The number of methoxy groups -OCH3 is 1. The van der Waals surface area contributed by atoms with Gasteiger partial charge in [0.2, 0.25) is 0 Å². The number of thiazole rings is 1. The number of halogens is 1. The quantitative estimate of drug-likeness (QED) is 0.198. The second-order valence-corrected chi connectivity index (χ2v) is 11.0. The molecule has 0 radical (unpaired) electrons. The molecule has 0 amide bonds. The molecule has 1 atom stereocenters. The maximum Gasteiger partial charge on any atom is 0.343 e. The highest BCUT2D eigenvalue weighted by Crippen LogP contribution is 2.38. The molecule has 0 bridgehead atoms. The number of ether oxygens (including phenoxy) is 6. The number of carbonyl (C=O) groups is 2. The third-order valence-corrected chi connectivity index (χ3v) is 7.87. The molecule has 3 aromatic rings. The minimum Gasteiger partial charge on any atom is -0.490 e. The summed E-state index contributed by atoms with van der Waals surface area (Å²) in [7, 11) is 1.26. The van der Waals surface area contributed by atoms with Crippen LogP contribution in [0.1, 0.15) is 44.9 Å². The van der Waals surface area contributed by atoms with Crippen molar-refractivity contribution in [3.63, 3.8) is 0 Å². The van der Waals surface area contributed by atoms with E-state index in [1.165, 1.54) is 11.7 Å². The molecule has 2 aromatic carbocycles. The molecule has 0 fully saturated rings. The highest BCUT2D eigenvalue weighted by atomic mass is 35.5. The van der Waals surface area contributed by atoms with Gasteiger partial charge in [0, 0.05) is 0 Å².